The van der Waals surface area contributed by atoms with Crippen LogP contribution in [0.1, 0.15) is 51.8 Å². The number of ether oxygens (including phenoxy) is 1. The van der Waals surface area contributed by atoms with Gasteiger partial charge in [-0.1, -0.05) is 0 Å². The lowest BCUT2D eigenvalue weighted by molar-refractivity contribution is -0.121. The van der Waals surface area contributed by atoms with Crippen LogP contribution < -0.4 is 15.0 Å². The van der Waals surface area contributed by atoms with E-state index in [0.717, 1.165) is 55.1 Å². The molecule has 2 aromatic rings. The minimum absolute atomic E-state index is 0.0267. The van der Waals surface area contributed by atoms with Gasteiger partial charge in [0.2, 0.25) is 5.91 Å². The predicted octanol–water partition coefficient (Wildman–Crippen LogP) is 2.85. The first-order valence-corrected chi connectivity index (χ1v) is 11.8. The van der Waals surface area contributed by atoms with Crippen molar-refractivity contribution >= 4 is 11.7 Å². The molecule has 1 aliphatic carbocycles. The monoisotopic (exact) mass is 452 g/mol. The average molecular weight is 453 g/mol. The highest BCUT2D eigenvalue weighted by Crippen LogP contribution is 2.31. The summed E-state index contributed by atoms with van der Waals surface area (Å²) >= 11 is 0. The molecule has 2 aliphatic rings. The third-order valence-electron chi connectivity index (χ3n) is 6.28. The molecule has 1 N–H and O–H groups in total. The number of anilines is 1. The predicted molar refractivity (Wildman–Crippen MR) is 130 cm³/mol. The lowest BCUT2D eigenvalue weighted by Gasteiger charge is -2.25. The zero-order chi connectivity index (χ0) is 23.8. The summed E-state index contributed by atoms with van der Waals surface area (Å²) in [5.41, 5.74) is 2.61. The molecule has 2 aromatic heterocycles. The molecule has 1 aliphatic heterocycles. The number of nitrogens with zero attached hydrogens (tertiary/aromatic N) is 5. The van der Waals surface area contributed by atoms with E-state index in [1.807, 2.05) is 44.9 Å². The third-order valence-corrected chi connectivity index (χ3v) is 6.28. The van der Waals surface area contributed by atoms with Crippen molar-refractivity contribution < 1.29 is 9.53 Å². The zero-order valence-electron chi connectivity index (χ0n) is 20.7. The molecule has 0 spiro atoms. The zero-order valence-corrected chi connectivity index (χ0v) is 20.7. The molecule has 1 saturated heterocycles. The van der Waals surface area contributed by atoms with Crippen LogP contribution in [0.15, 0.2) is 18.3 Å². The molecular formula is C25H36N6O2. The minimum atomic E-state index is -0.271. The third kappa shape index (κ3) is 5.61. The molecular weight excluding hydrogens is 416 g/mol. The van der Waals surface area contributed by atoms with E-state index in [1.165, 1.54) is 0 Å². The van der Waals surface area contributed by atoms with Gasteiger partial charge in [-0.15, -0.1) is 0 Å². The van der Waals surface area contributed by atoms with E-state index in [2.05, 4.69) is 29.2 Å². The van der Waals surface area contributed by atoms with E-state index in [9.17, 15) is 4.79 Å². The first-order valence-electron chi connectivity index (χ1n) is 11.8. The van der Waals surface area contributed by atoms with E-state index >= 15 is 0 Å². The Labute approximate surface area is 196 Å². The van der Waals surface area contributed by atoms with Gasteiger partial charge < -0.3 is 15.0 Å². The molecule has 178 valence electrons. The van der Waals surface area contributed by atoms with Crippen LogP contribution in [0.2, 0.25) is 0 Å². The first kappa shape index (κ1) is 23.4. The van der Waals surface area contributed by atoms with Crippen LogP contribution >= 0.6 is 0 Å². The average Bonchev–Trinajstić information content (AvgIpc) is 3.31. The van der Waals surface area contributed by atoms with Crippen LogP contribution in [0.25, 0.3) is 11.5 Å². The van der Waals surface area contributed by atoms with E-state index in [-0.39, 0.29) is 24.1 Å². The van der Waals surface area contributed by atoms with Gasteiger partial charge >= 0.3 is 0 Å². The Morgan fingerprint density at radius 3 is 2.79 bits per heavy atom. The Bertz CT molecular complexity index is 1010. The number of amides is 1. The van der Waals surface area contributed by atoms with Gasteiger partial charge in [0.15, 0.2) is 5.82 Å². The highest BCUT2D eigenvalue weighted by Gasteiger charge is 2.28. The van der Waals surface area contributed by atoms with Crippen molar-refractivity contribution in [1.29, 1.82) is 0 Å². The molecule has 8 heteroatoms. The standard InChI is InChI=1S/C25H36N6O2/c1-16-12-18(14-30(16)5)33-17-10-11-26-21(13-17)23-27-20-9-7-8-19(20)24(28-23)31(6)15-22(32)29-25(2,3)4/h10-11,13,16,18H,7-9,12,14-15H2,1-6H3,(H,29,32). The Balaban J connectivity index is 1.57. The van der Waals surface area contributed by atoms with Crippen LogP contribution in [0, 0.1) is 0 Å². The van der Waals surface area contributed by atoms with E-state index in [4.69, 9.17) is 14.7 Å². The molecule has 8 nitrogen and oxygen atoms in total. The molecule has 2 atom stereocenters. The van der Waals surface area contributed by atoms with Crippen molar-refractivity contribution in [2.75, 3.05) is 32.1 Å². The summed E-state index contributed by atoms with van der Waals surface area (Å²) in [5, 5.41) is 3.03. The van der Waals surface area contributed by atoms with E-state index in [1.54, 1.807) is 6.20 Å². The number of likely N-dealkylation sites (N-methyl/N-ethyl adjacent to an activating group) is 2. The fourth-order valence-corrected chi connectivity index (χ4v) is 4.61. The van der Waals surface area contributed by atoms with Gasteiger partial charge in [0.25, 0.3) is 0 Å². The van der Waals surface area contributed by atoms with Gasteiger partial charge in [0.1, 0.15) is 23.4 Å². The van der Waals surface area contributed by atoms with Gasteiger partial charge in [-0.25, -0.2) is 9.97 Å². The van der Waals surface area contributed by atoms with Gasteiger partial charge in [0.05, 0.1) is 6.54 Å². The number of carbonyl (C=O) groups is 1. The summed E-state index contributed by atoms with van der Waals surface area (Å²) in [6.07, 6.45) is 5.83. The molecule has 0 aromatic carbocycles. The maximum Gasteiger partial charge on any atom is 0.239 e. The summed E-state index contributed by atoms with van der Waals surface area (Å²) in [4.78, 5) is 31.0. The second-order valence-electron chi connectivity index (χ2n) is 10.4. The van der Waals surface area contributed by atoms with Crippen molar-refractivity contribution in [3.63, 3.8) is 0 Å². The fraction of sp³-hybridized carbons (Fsp3) is 0.600. The van der Waals surface area contributed by atoms with Crippen LogP contribution in [0.5, 0.6) is 5.75 Å². The highest BCUT2D eigenvalue weighted by molar-refractivity contribution is 5.82. The van der Waals surface area contributed by atoms with E-state index in [0.29, 0.717) is 17.6 Å². The Morgan fingerprint density at radius 1 is 1.30 bits per heavy atom. The summed E-state index contributed by atoms with van der Waals surface area (Å²) < 4.78 is 6.25. The Morgan fingerprint density at radius 2 is 2.09 bits per heavy atom. The van der Waals surface area contributed by atoms with Crippen molar-refractivity contribution in [2.24, 2.45) is 0 Å². The highest BCUT2D eigenvalue weighted by atomic mass is 16.5. The van der Waals surface area contributed by atoms with Crippen LogP contribution in [0.3, 0.4) is 0 Å². The first-order chi connectivity index (χ1) is 15.6. The van der Waals surface area contributed by atoms with Gasteiger partial charge in [0, 0.05) is 55.1 Å². The van der Waals surface area contributed by atoms with Gasteiger partial charge in [-0.3, -0.25) is 14.7 Å². The smallest absolute Gasteiger partial charge is 0.239 e. The largest absolute Gasteiger partial charge is 0.489 e. The number of aryl methyl sites for hydroxylation is 1. The molecule has 3 heterocycles. The molecule has 0 radical (unpaired) electrons. The summed E-state index contributed by atoms with van der Waals surface area (Å²) in [5.74, 6) is 2.16. The number of aromatic nitrogens is 3. The number of rotatable bonds is 6. The molecule has 4 rings (SSSR count). The quantitative estimate of drug-likeness (QED) is 0.722. The van der Waals surface area contributed by atoms with Crippen molar-refractivity contribution in [2.45, 2.75) is 71.1 Å². The van der Waals surface area contributed by atoms with Crippen molar-refractivity contribution in [1.82, 2.24) is 25.2 Å². The Kier molecular flexibility index (Phi) is 6.56. The van der Waals surface area contributed by atoms with Crippen LogP contribution in [0.4, 0.5) is 5.82 Å². The lowest BCUT2D eigenvalue weighted by atomic mass is 10.1. The summed E-state index contributed by atoms with van der Waals surface area (Å²) in [6.45, 7) is 9.33. The maximum atomic E-state index is 12.5. The second-order valence-corrected chi connectivity index (χ2v) is 10.4. The van der Waals surface area contributed by atoms with Crippen molar-refractivity contribution in [3.8, 4) is 17.3 Å². The number of fused-ring (bicyclic) bond motifs is 1. The summed E-state index contributed by atoms with van der Waals surface area (Å²) in [6, 6.07) is 4.34. The normalized spacial score (nSPS) is 20.5. The molecule has 0 saturated carbocycles. The lowest BCUT2D eigenvalue weighted by Crippen LogP contribution is -2.45. The molecule has 1 fully saturated rings. The van der Waals surface area contributed by atoms with Crippen molar-refractivity contribution in [3.05, 3.63) is 29.6 Å². The number of likely N-dealkylation sites (tertiary alicyclic amines) is 1. The van der Waals surface area contributed by atoms with Gasteiger partial charge in [-0.2, -0.15) is 0 Å². The van der Waals surface area contributed by atoms with E-state index < -0.39 is 0 Å². The molecule has 33 heavy (non-hydrogen) atoms. The summed E-state index contributed by atoms with van der Waals surface area (Å²) in [7, 11) is 4.04. The molecule has 1 amide bonds. The van der Waals surface area contributed by atoms with Crippen LogP contribution in [-0.4, -0.2) is 70.6 Å². The number of hydrogen-bond acceptors (Lipinski definition) is 7. The second kappa shape index (κ2) is 9.25. The molecule has 0 bridgehead atoms. The minimum Gasteiger partial charge on any atom is -0.489 e. The number of carbonyl (C=O) groups excluding carboxylic acids is 1. The number of nitrogens with one attached hydrogen (secondary N) is 1. The molecule has 2 unspecified atom stereocenters. The van der Waals surface area contributed by atoms with Crippen LogP contribution in [-0.2, 0) is 17.6 Å². The fourth-order valence-electron chi connectivity index (χ4n) is 4.61. The maximum absolute atomic E-state index is 12.5. The topological polar surface area (TPSA) is 83.5 Å². The number of pyridine rings is 1. The van der Waals surface area contributed by atoms with Gasteiger partial charge in [-0.05, 0) is 60.1 Å². The number of hydrogen-bond donors (Lipinski definition) is 1. The Hall–Kier alpha value is -2.74. The SMILES string of the molecule is CC1CC(Oc2ccnc(-c3nc4c(c(N(C)CC(=O)NC(C)(C)C)n3)CCC4)c2)CN1C.